The minimum absolute atomic E-state index is 0.0577. The molecule has 0 fully saturated rings. The van der Waals surface area contributed by atoms with Gasteiger partial charge in [0.15, 0.2) is 0 Å². The molecule has 3 unspecified atom stereocenters. The van der Waals surface area contributed by atoms with Gasteiger partial charge in [-0.3, -0.25) is 4.98 Å². The fourth-order valence-electron chi connectivity index (χ4n) is 2.23. The minimum Gasteiger partial charge on any atom is -0.386 e. The van der Waals surface area contributed by atoms with Crippen molar-refractivity contribution in [2.45, 2.75) is 45.8 Å². The van der Waals surface area contributed by atoms with E-state index in [-0.39, 0.29) is 11.7 Å². The molecule has 1 rings (SSSR count). The van der Waals surface area contributed by atoms with Gasteiger partial charge >= 0.3 is 0 Å². The summed E-state index contributed by atoms with van der Waals surface area (Å²) in [5.41, 5.74) is 0.533. The first-order valence-electron chi connectivity index (χ1n) is 6.95. The molecule has 0 radical (unpaired) electrons. The Labute approximate surface area is 115 Å². The molecule has 1 aromatic rings. The first-order valence-corrected chi connectivity index (χ1v) is 6.95. The molecule has 0 amide bonds. The van der Waals surface area contributed by atoms with Crippen molar-refractivity contribution in [3.05, 3.63) is 29.8 Å². The van der Waals surface area contributed by atoms with Gasteiger partial charge in [-0.1, -0.05) is 20.3 Å². The Kier molecular flexibility index (Phi) is 6.38. The van der Waals surface area contributed by atoms with Crippen LogP contribution in [0.15, 0.2) is 18.3 Å². The SMILES string of the molecule is CCCC(C)N(C)CC(C)C(O)c1ccc(F)cn1. The first kappa shape index (κ1) is 16.1. The Morgan fingerprint density at radius 3 is 2.58 bits per heavy atom. The van der Waals surface area contributed by atoms with Gasteiger partial charge in [-0.05, 0) is 32.5 Å². The quantitative estimate of drug-likeness (QED) is 0.826. The van der Waals surface area contributed by atoms with Crippen LogP contribution < -0.4 is 0 Å². The zero-order chi connectivity index (χ0) is 14.4. The van der Waals surface area contributed by atoms with Crippen LogP contribution in [0.2, 0.25) is 0 Å². The maximum Gasteiger partial charge on any atom is 0.141 e. The number of pyridine rings is 1. The molecular weight excluding hydrogens is 243 g/mol. The van der Waals surface area contributed by atoms with Crippen LogP contribution in [-0.2, 0) is 0 Å². The van der Waals surface area contributed by atoms with Crippen LogP contribution in [0.4, 0.5) is 4.39 Å². The van der Waals surface area contributed by atoms with E-state index in [4.69, 9.17) is 0 Å². The molecule has 0 saturated heterocycles. The van der Waals surface area contributed by atoms with Crippen LogP contribution in [0, 0.1) is 11.7 Å². The second kappa shape index (κ2) is 7.56. The molecule has 0 aliphatic rings. The summed E-state index contributed by atoms with van der Waals surface area (Å²) in [7, 11) is 2.07. The highest BCUT2D eigenvalue weighted by atomic mass is 19.1. The molecule has 0 aliphatic heterocycles. The number of aliphatic hydroxyl groups excluding tert-OH is 1. The molecule has 0 aromatic carbocycles. The van der Waals surface area contributed by atoms with Gasteiger partial charge in [-0.2, -0.15) is 0 Å². The van der Waals surface area contributed by atoms with Crippen molar-refractivity contribution >= 4 is 0 Å². The molecule has 1 heterocycles. The third-order valence-electron chi connectivity index (χ3n) is 3.63. The Morgan fingerprint density at radius 1 is 1.37 bits per heavy atom. The van der Waals surface area contributed by atoms with Crippen molar-refractivity contribution in [3.63, 3.8) is 0 Å². The average molecular weight is 268 g/mol. The van der Waals surface area contributed by atoms with Gasteiger partial charge in [0.05, 0.1) is 18.0 Å². The van der Waals surface area contributed by atoms with Crippen molar-refractivity contribution in [3.8, 4) is 0 Å². The molecule has 1 N–H and O–H groups in total. The second-order valence-corrected chi connectivity index (χ2v) is 5.40. The Balaban J connectivity index is 2.57. The molecule has 0 saturated carbocycles. The maximum absolute atomic E-state index is 12.8. The first-order chi connectivity index (χ1) is 8.95. The highest BCUT2D eigenvalue weighted by Crippen LogP contribution is 2.21. The van der Waals surface area contributed by atoms with Crippen molar-refractivity contribution in [1.29, 1.82) is 0 Å². The summed E-state index contributed by atoms with van der Waals surface area (Å²) in [5, 5.41) is 10.2. The van der Waals surface area contributed by atoms with E-state index in [9.17, 15) is 9.50 Å². The lowest BCUT2D eigenvalue weighted by atomic mass is 10.00. The van der Waals surface area contributed by atoms with Gasteiger partial charge in [0.1, 0.15) is 5.82 Å². The summed E-state index contributed by atoms with van der Waals surface area (Å²) in [5.74, 6) is -0.320. The molecule has 0 bridgehead atoms. The molecule has 19 heavy (non-hydrogen) atoms. The van der Waals surface area contributed by atoms with E-state index < -0.39 is 6.10 Å². The van der Waals surface area contributed by atoms with Crippen molar-refractivity contribution in [1.82, 2.24) is 9.88 Å². The summed E-state index contributed by atoms with van der Waals surface area (Å²) in [4.78, 5) is 6.20. The Morgan fingerprint density at radius 2 is 2.05 bits per heavy atom. The normalized spacial score (nSPS) is 16.4. The number of aliphatic hydroxyl groups is 1. The van der Waals surface area contributed by atoms with Crippen LogP contribution in [0.1, 0.15) is 45.4 Å². The molecule has 0 aliphatic carbocycles. The van der Waals surface area contributed by atoms with Gasteiger partial charge in [-0.15, -0.1) is 0 Å². The lowest BCUT2D eigenvalue weighted by Crippen LogP contribution is -2.34. The second-order valence-electron chi connectivity index (χ2n) is 5.40. The van der Waals surface area contributed by atoms with E-state index in [1.54, 1.807) is 6.07 Å². The number of nitrogens with zero attached hydrogens (tertiary/aromatic N) is 2. The number of aromatic nitrogens is 1. The van der Waals surface area contributed by atoms with E-state index in [2.05, 4.69) is 30.8 Å². The molecule has 4 heteroatoms. The van der Waals surface area contributed by atoms with Crippen LogP contribution >= 0.6 is 0 Å². The molecule has 108 valence electrons. The minimum atomic E-state index is -0.656. The van der Waals surface area contributed by atoms with E-state index in [0.717, 1.165) is 25.6 Å². The summed E-state index contributed by atoms with van der Waals surface area (Å²) in [6.07, 6.45) is 2.79. The van der Waals surface area contributed by atoms with E-state index in [0.29, 0.717) is 11.7 Å². The summed E-state index contributed by atoms with van der Waals surface area (Å²) in [6, 6.07) is 3.38. The van der Waals surface area contributed by atoms with E-state index >= 15 is 0 Å². The Bertz CT molecular complexity index is 369. The zero-order valence-corrected chi connectivity index (χ0v) is 12.3. The standard InChI is InChI=1S/C15H25FN2O/c1-5-6-12(3)18(4)10-11(2)15(19)14-8-7-13(16)9-17-14/h7-9,11-12,15,19H,5-6,10H2,1-4H3. The summed E-state index contributed by atoms with van der Waals surface area (Å²) < 4.78 is 12.8. The highest BCUT2D eigenvalue weighted by molar-refractivity contribution is 5.08. The molecule has 1 aromatic heterocycles. The third-order valence-corrected chi connectivity index (χ3v) is 3.63. The van der Waals surface area contributed by atoms with Crippen LogP contribution in [0.5, 0.6) is 0 Å². The monoisotopic (exact) mass is 268 g/mol. The smallest absolute Gasteiger partial charge is 0.141 e. The van der Waals surface area contributed by atoms with Gasteiger partial charge in [0.2, 0.25) is 0 Å². The van der Waals surface area contributed by atoms with E-state index in [1.807, 2.05) is 6.92 Å². The number of hydrogen-bond acceptors (Lipinski definition) is 3. The molecule has 3 atom stereocenters. The fourth-order valence-corrected chi connectivity index (χ4v) is 2.23. The average Bonchev–Trinajstić information content (AvgIpc) is 2.38. The van der Waals surface area contributed by atoms with Crippen LogP contribution in [0.3, 0.4) is 0 Å². The van der Waals surface area contributed by atoms with E-state index in [1.165, 1.54) is 6.07 Å². The lowest BCUT2D eigenvalue weighted by Gasteiger charge is -2.29. The zero-order valence-electron chi connectivity index (χ0n) is 12.3. The van der Waals surface area contributed by atoms with Gasteiger partial charge in [0, 0.05) is 18.5 Å². The topological polar surface area (TPSA) is 36.4 Å². The van der Waals surface area contributed by atoms with Crippen molar-refractivity contribution in [2.75, 3.05) is 13.6 Å². The molecule has 3 nitrogen and oxygen atoms in total. The number of rotatable bonds is 7. The van der Waals surface area contributed by atoms with Gasteiger partial charge in [0.25, 0.3) is 0 Å². The van der Waals surface area contributed by atoms with Crippen molar-refractivity contribution in [2.24, 2.45) is 5.92 Å². The third kappa shape index (κ3) is 4.88. The molecule has 0 spiro atoms. The van der Waals surface area contributed by atoms with Gasteiger partial charge in [-0.25, -0.2) is 4.39 Å². The fraction of sp³-hybridized carbons (Fsp3) is 0.667. The highest BCUT2D eigenvalue weighted by Gasteiger charge is 2.21. The summed E-state index contributed by atoms with van der Waals surface area (Å²) >= 11 is 0. The Hall–Kier alpha value is -1.00. The number of halogens is 1. The lowest BCUT2D eigenvalue weighted by molar-refractivity contribution is 0.0810. The van der Waals surface area contributed by atoms with Crippen molar-refractivity contribution < 1.29 is 9.50 Å². The molecular formula is C15H25FN2O. The van der Waals surface area contributed by atoms with Crippen LogP contribution in [0.25, 0.3) is 0 Å². The van der Waals surface area contributed by atoms with Gasteiger partial charge < -0.3 is 10.0 Å². The maximum atomic E-state index is 12.8. The largest absolute Gasteiger partial charge is 0.386 e. The predicted molar refractivity (Wildman–Crippen MR) is 75.3 cm³/mol. The van der Waals surface area contributed by atoms with Crippen LogP contribution in [-0.4, -0.2) is 34.6 Å². The predicted octanol–water partition coefficient (Wildman–Crippen LogP) is 3.01. The summed E-state index contributed by atoms with van der Waals surface area (Å²) in [6.45, 7) is 7.15. The number of hydrogen-bond donors (Lipinski definition) is 1.